The van der Waals surface area contributed by atoms with Crippen molar-refractivity contribution in [1.29, 1.82) is 0 Å². The molecule has 0 aliphatic carbocycles. The molecule has 0 heterocycles. The molecule has 0 atom stereocenters. The van der Waals surface area contributed by atoms with E-state index in [1.165, 1.54) is 0 Å². The van der Waals surface area contributed by atoms with Crippen molar-refractivity contribution in [3.8, 4) is 0 Å². The lowest BCUT2D eigenvalue weighted by Crippen LogP contribution is -2.03. The summed E-state index contributed by atoms with van der Waals surface area (Å²) in [4.78, 5) is 10.8. The summed E-state index contributed by atoms with van der Waals surface area (Å²) in [6.07, 6.45) is 0. The Labute approximate surface area is 76.9 Å². The summed E-state index contributed by atoms with van der Waals surface area (Å²) in [5, 5.41) is 0. The van der Waals surface area contributed by atoms with E-state index in [0.29, 0.717) is 11.1 Å². The Bertz CT molecular complexity index is 159. The fourth-order valence-electron chi connectivity index (χ4n) is 0.335. The maximum absolute atomic E-state index is 10.8. The zero-order valence-electron chi connectivity index (χ0n) is 5.78. The van der Waals surface area contributed by atoms with Gasteiger partial charge in [-0.05, 0) is 29.8 Å². The Morgan fingerprint density at radius 1 is 1.50 bits per heavy atom. The second-order valence-electron chi connectivity index (χ2n) is 1.57. The molecule has 0 N–H and O–H groups in total. The molecule has 0 aromatic heterocycles. The van der Waals surface area contributed by atoms with Crippen LogP contribution in [0.2, 0.25) is 0 Å². The Morgan fingerprint density at radius 3 is 2.30 bits per heavy atom. The highest BCUT2D eigenvalue weighted by Crippen LogP contribution is 2.17. The molecule has 0 spiro atoms. The van der Waals surface area contributed by atoms with Gasteiger partial charge >= 0.3 is 5.97 Å². The first-order chi connectivity index (χ1) is 4.59. The molecule has 0 rings (SSSR count). The average Bonchev–Trinajstić information content (AvgIpc) is 1.87. The van der Waals surface area contributed by atoms with E-state index in [9.17, 15) is 4.79 Å². The molecule has 10 heavy (non-hydrogen) atoms. The first-order valence-corrected chi connectivity index (χ1v) is 4.37. The number of hydrogen-bond donors (Lipinski definition) is 0. The van der Waals surface area contributed by atoms with Gasteiger partial charge in [-0.25, -0.2) is 4.79 Å². The van der Waals surface area contributed by atoms with Crippen LogP contribution in [0, 0.1) is 0 Å². The molecule has 0 aromatic carbocycles. The lowest BCUT2D eigenvalue weighted by Gasteiger charge is -1.99. The quantitative estimate of drug-likeness (QED) is 0.570. The number of rotatable bonds is 2. The van der Waals surface area contributed by atoms with E-state index in [0.717, 1.165) is 4.48 Å². The summed E-state index contributed by atoms with van der Waals surface area (Å²) in [7, 11) is 0. The third-order valence-electron chi connectivity index (χ3n) is 0.757. The van der Waals surface area contributed by atoms with Crippen LogP contribution < -0.4 is 0 Å². The Hall–Kier alpha value is 0.170. The van der Waals surface area contributed by atoms with Crippen molar-refractivity contribution in [1.82, 2.24) is 0 Å². The minimum atomic E-state index is -0.336. The number of carbonyl (C=O) groups is 1. The van der Waals surface area contributed by atoms with Crippen LogP contribution >= 0.6 is 31.9 Å². The largest absolute Gasteiger partial charge is 0.462 e. The molecule has 58 valence electrons. The van der Waals surface area contributed by atoms with Crippen LogP contribution in [-0.4, -0.2) is 12.6 Å². The van der Waals surface area contributed by atoms with Crippen LogP contribution in [0.5, 0.6) is 0 Å². The predicted molar refractivity (Wildman–Crippen MR) is 47.2 cm³/mol. The van der Waals surface area contributed by atoms with Crippen molar-refractivity contribution in [3.63, 3.8) is 0 Å². The van der Waals surface area contributed by atoms with Crippen LogP contribution in [0.1, 0.15) is 13.8 Å². The number of carbonyl (C=O) groups excluding carboxylic acids is 1. The second kappa shape index (κ2) is 4.91. The van der Waals surface area contributed by atoms with Crippen LogP contribution in [0.4, 0.5) is 0 Å². The first-order valence-electron chi connectivity index (χ1n) is 2.78. The minimum Gasteiger partial charge on any atom is -0.462 e. The van der Waals surface area contributed by atoms with Gasteiger partial charge in [0, 0.05) is 4.48 Å². The summed E-state index contributed by atoms with van der Waals surface area (Å²) < 4.78 is 5.87. The lowest BCUT2D eigenvalue weighted by molar-refractivity contribution is -0.137. The third kappa shape index (κ3) is 3.37. The maximum atomic E-state index is 10.8. The van der Waals surface area contributed by atoms with E-state index in [1.54, 1.807) is 13.8 Å². The van der Waals surface area contributed by atoms with Gasteiger partial charge in [-0.15, -0.1) is 0 Å². The van der Waals surface area contributed by atoms with Crippen molar-refractivity contribution in [2.75, 3.05) is 6.61 Å². The van der Waals surface area contributed by atoms with Crippen LogP contribution in [-0.2, 0) is 9.53 Å². The molecule has 4 heteroatoms. The van der Waals surface area contributed by atoms with Gasteiger partial charge in [0.15, 0.2) is 0 Å². The van der Waals surface area contributed by atoms with Gasteiger partial charge in [0.25, 0.3) is 0 Å². The van der Waals surface area contributed by atoms with Crippen molar-refractivity contribution < 1.29 is 9.53 Å². The number of hydrogen-bond acceptors (Lipinski definition) is 2. The van der Waals surface area contributed by atoms with E-state index in [1.807, 2.05) is 0 Å². The smallest absolute Gasteiger partial charge is 0.346 e. The summed E-state index contributed by atoms with van der Waals surface area (Å²) in [5.74, 6) is -0.336. The standard InChI is InChI=1S/C6H8Br2O2/c1-3-10-6(9)5(8)4(2)7/h3H2,1-2H3/b5-4+. The van der Waals surface area contributed by atoms with E-state index in [2.05, 4.69) is 31.9 Å². The van der Waals surface area contributed by atoms with Gasteiger partial charge in [-0.1, -0.05) is 15.9 Å². The van der Waals surface area contributed by atoms with E-state index in [-0.39, 0.29) is 5.97 Å². The Morgan fingerprint density at radius 2 is 2.00 bits per heavy atom. The first kappa shape index (κ1) is 10.2. The molecule has 0 fully saturated rings. The molecule has 0 saturated carbocycles. The van der Waals surface area contributed by atoms with Gasteiger partial charge in [0.05, 0.1) is 6.61 Å². The highest BCUT2D eigenvalue weighted by molar-refractivity contribution is 9.14. The summed E-state index contributed by atoms with van der Waals surface area (Å²) in [5.41, 5.74) is 0. The molecular weight excluding hydrogens is 264 g/mol. The Kier molecular flexibility index (Phi) is 4.99. The van der Waals surface area contributed by atoms with Crippen molar-refractivity contribution in [3.05, 3.63) is 8.96 Å². The van der Waals surface area contributed by atoms with Crippen LogP contribution in [0.25, 0.3) is 0 Å². The molecule has 0 aliphatic rings. The molecule has 0 amide bonds. The van der Waals surface area contributed by atoms with Gasteiger partial charge in [0.2, 0.25) is 0 Å². The summed E-state index contributed by atoms with van der Waals surface area (Å²) >= 11 is 6.21. The molecule has 0 saturated heterocycles. The Balaban J connectivity index is 4.09. The normalized spacial score (nSPS) is 12.4. The average molecular weight is 272 g/mol. The van der Waals surface area contributed by atoms with Crippen LogP contribution in [0.3, 0.4) is 0 Å². The highest BCUT2D eigenvalue weighted by Gasteiger charge is 2.07. The lowest BCUT2D eigenvalue weighted by atomic mass is 10.5. The van der Waals surface area contributed by atoms with Crippen molar-refractivity contribution >= 4 is 37.8 Å². The molecule has 0 bridgehead atoms. The SMILES string of the molecule is CCOC(=O)/C(Br)=C(/C)Br. The van der Waals surface area contributed by atoms with Gasteiger partial charge in [0.1, 0.15) is 4.48 Å². The van der Waals surface area contributed by atoms with Gasteiger partial charge in [-0.3, -0.25) is 0 Å². The molecule has 0 unspecified atom stereocenters. The summed E-state index contributed by atoms with van der Waals surface area (Å²) in [6, 6.07) is 0. The minimum absolute atomic E-state index is 0.336. The zero-order valence-corrected chi connectivity index (χ0v) is 8.95. The molecule has 2 nitrogen and oxygen atoms in total. The fourth-order valence-corrected chi connectivity index (χ4v) is 0.611. The van der Waals surface area contributed by atoms with Crippen molar-refractivity contribution in [2.45, 2.75) is 13.8 Å². The molecule has 0 aliphatic heterocycles. The molecule has 0 aromatic rings. The van der Waals surface area contributed by atoms with Gasteiger partial charge < -0.3 is 4.74 Å². The maximum Gasteiger partial charge on any atom is 0.346 e. The van der Waals surface area contributed by atoms with E-state index < -0.39 is 0 Å². The van der Waals surface area contributed by atoms with Crippen molar-refractivity contribution in [2.24, 2.45) is 0 Å². The topological polar surface area (TPSA) is 26.3 Å². The van der Waals surface area contributed by atoms with Gasteiger partial charge in [-0.2, -0.15) is 0 Å². The third-order valence-corrected chi connectivity index (χ3v) is 2.60. The monoisotopic (exact) mass is 270 g/mol. The predicted octanol–water partition coefficient (Wildman–Crippen LogP) is 2.57. The fraction of sp³-hybridized carbons (Fsp3) is 0.500. The molecule has 0 radical (unpaired) electrons. The zero-order chi connectivity index (χ0) is 8.15. The molecular formula is C6H8Br2O2. The highest BCUT2D eigenvalue weighted by atomic mass is 79.9. The number of allylic oxidation sites excluding steroid dienone is 1. The number of esters is 1. The number of ether oxygens (including phenoxy) is 1. The van der Waals surface area contributed by atoms with Crippen LogP contribution in [0.15, 0.2) is 8.96 Å². The summed E-state index contributed by atoms with van der Waals surface area (Å²) in [6.45, 7) is 3.93. The second-order valence-corrected chi connectivity index (χ2v) is 3.55. The van der Waals surface area contributed by atoms with E-state index in [4.69, 9.17) is 4.74 Å². The van der Waals surface area contributed by atoms with E-state index >= 15 is 0 Å². The number of halogens is 2.